The molecular weight excluding hydrogens is 271 g/mol. The third-order valence-corrected chi connectivity index (χ3v) is 3.80. The molecule has 1 aromatic rings. The minimum atomic E-state index is 0.140. The Kier molecular flexibility index (Phi) is 4.49. The Morgan fingerprint density at radius 2 is 2.22 bits per heavy atom. The van der Waals surface area contributed by atoms with Gasteiger partial charge in [-0.3, -0.25) is 4.79 Å². The molecule has 1 saturated heterocycles. The van der Waals surface area contributed by atoms with Gasteiger partial charge in [-0.25, -0.2) is 0 Å². The highest BCUT2D eigenvalue weighted by Gasteiger charge is 2.20. The van der Waals surface area contributed by atoms with Crippen LogP contribution in [-0.4, -0.2) is 36.5 Å². The summed E-state index contributed by atoms with van der Waals surface area (Å²) in [6, 6.07) is 5.69. The second-order valence-electron chi connectivity index (χ2n) is 4.62. The molecule has 1 aromatic carbocycles. The molecule has 2 rings (SSSR count). The number of carbonyl (C=O) groups is 1. The maximum Gasteiger partial charge on any atom is 0.227 e. The van der Waals surface area contributed by atoms with E-state index in [1.165, 1.54) is 0 Å². The van der Waals surface area contributed by atoms with Crippen molar-refractivity contribution in [3.05, 3.63) is 33.8 Å². The Labute approximate surface area is 117 Å². The molecule has 1 aliphatic heterocycles. The molecule has 98 valence electrons. The van der Waals surface area contributed by atoms with Crippen LogP contribution in [0, 0.1) is 0 Å². The van der Waals surface area contributed by atoms with E-state index in [1.54, 1.807) is 12.1 Å². The molecule has 1 amide bonds. The molecule has 18 heavy (non-hydrogen) atoms. The van der Waals surface area contributed by atoms with E-state index < -0.39 is 0 Å². The van der Waals surface area contributed by atoms with Crippen molar-refractivity contribution < 1.29 is 4.79 Å². The molecule has 0 spiro atoms. The lowest BCUT2D eigenvalue weighted by molar-refractivity contribution is -0.131. The highest BCUT2D eigenvalue weighted by Crippen LogP contribution is 2.23. The summed E-state index contributed by atoms with van der Waals surface area (Å²) in [5.41, 5.74) is 0.903. The van der Waals surface area contributed by atoms with Crippen LogP contribution >= 0.6 is 23.2 Å². The van der Waals surface area contributed by atoms with Gasteiger partial charge in [0.15, 0.2) is 0 Å². The summed E-state index contributed by atoms with van der Waals surface area (Å²) < 4.78 is 0. The van der Waals surface area contributed by atoms with Crippen molar-refractivity contribution in [3.8, 4) is 0 Å². The largest absolute Gasteiger partial charge is 0.340 e. The van der Waals surface area contributed by atoms with Gasteiger partial charge in [-0.15, -0.1) is 0 Å². The third-order valence-electron chi connectivity index (χ3n) is 3.06. The van der Waals surface area contributed by atoms with E-state index in [1.807, 2.05) is 11.0 Å². The van der Waals surface area contributed by atoms with Gasteiger partial charge in [0.25, 0.3) is 0 Å². The smallest absolute Gasteiger partial charge is 0.227 e. The van der Waals surface area contributed by atoms with Crippen LogP contribution in [0.3, 0.4) is 0 Å². The summed E-state index contributed by atoms with van der Waals surface area (Å²) in [6.07, 6.45) is 0.379. The highest BCUT2D eigenvalue weighted by molar-refractivity contribution is 6.42. The summed E-state index contributed by atoms with van der Waals surface area (Å²) in [7, 11) is 0. The first-order chi connectivity index (χ1) is 8.56. The van der Waals surface area contributed by atoms with E-state index in [2.05, 4.69) is 12.2 Å². The second kappa shape index (κ2) is 5.91. The molecule has 1 atom stereocenters. The van der Waals surface area contributed by atoms with Crippen LogP contribution in [0.15, 0.2) is 18.2 Å². The first kappa shape index (κ1) is 13.7. The van der Waals surface area contributed by atoms with E-state index in [9.17, 15) is 4.79 Å². The quantitative estimate of drug-likeness (QED) is 0.905. The zero-order valence-corrected chi connectivity index (χ0v) is 11.8. The lowest BCUT2D eigenvalue weighted by atomic mass is 10.1. The average molecular weight is 287 g/mol. The Hall–Kier alpha value is -0.770. The number of hydrogen-bond acceptors (Lipinski definition) is 2. The lowest BCUT2D eigenvalue weighted by Gasteiger charge is -2.32. The predicted octanol–water partition coefficient (Wildman–Crippen LogP) is 2.36. The standard InChI is InChI=1S/C13H16Cl2N2O/c1-9-8-17(5-4-16-9)13(18)7-10-2-3-11(14)12(15)6-10/h2-3,6,9,16H,4-5,7-8H2,1H3. The molecule has 0 bridgehead atoms. The maximum absolute atomic E-state index is 12.1. The number of amides is 1. The van der Waals surface area contributed by atoms with Gasteiger partial charge in [-0.2, -0.15) is 0 Å². The first-order valence-electron chi connectivity index (χ1n) is 6.01. The van der Waals surface area contributed by atoms with Crippen molar-refractivity contribution in [2.45, 2.75) is 19.4 Å². The van der Waals surface area contributed by atoms with Gasteiger partial charge >= 0.3 is 0 Å². The monoisotopic (exact) mass is 286 g/mol. The molecule has 3 nitrogen and oxygen atoms in total. The fourth-order valence-corrected chi connectivity index (χ4v) is 2.42. The molecule has 1 fully saturated rings. The zero-order valence-electron chi connectivity index (χ0n) is 10.2. The zero-order chi connectivity index (χ0) is 13.1. The van der Waals surface area contributed by atoms with Crippen molar-refractivity contribution in [2.75, 3.05) is 19.6 Å². The Bertz CT molecular complexity index is 451. The SMILES string of the molecule is CC1CN(C(=O)Cc2ccc(Cl)c(Cl)c2)CCN1. The van der Waals surface area contributed by atoms with E-state index in [-0.39, 0.29) is 5.91 Å². The topological polar surface area (TPSA) is 32.3 Å². The van der Waals surface area contributed by atoms with Crippen LogP contribution < -0.4 is 5.32 Å². The van der Waals surface area contributed by atoms with Crippen molar-refractivity contribution in [1.82, 2.24) is 10.2 Å². The highest BCUT2D eigenvalue weighted by atomic mass is 35.5. The summed E-state index contributed by atoms with van der Waals surface area (Å²) in [5.74, 6) is 0.140. The Balaban J connectivity index is 2.00. The molecule has 0 aliphatic carbocycles. The van der Waals surface area contributed by atoms with Crippen LogP contribution in [0.2, 0.25) is 10.0 Å². The predicted molar refractivity (Wildman–Crippen MR) is 74.2 cm³/mol. The molecule has 0 saturated carbocycles. The molecule has 0 radical (unpaired) electrons. The van der Waals surface area contributed by atoms with Gasteiger partial charge in [0, 0.05) is 25.7 Å². The van der Waals surface area contributed by atoms with Gasteiger partial charge in [0.2, 0.25) is 5.91 Å². The maximum atomic E-state index is 12.1. The van der Waals surface area contributed by atoms with Gasteiger partial charge in [-0.1, -0.05) is 29.3 Å². The Morgan fingerprint density at radius 1 is 1.44 bits per heavy atom. The summed E-state index contributed by atoms with van der Waals surface area (Å²) in [6.45, 7) is 4.47. The van der Waals surface area contributed by atoms with Crippen molar-refractivity contribution in [3.63, 3.8) is 0 Å². The molecule has 1 aliphatic rings. The number of carbonyl (C=O) groups excluding carboxylic acids is 1. The van der Waals surface area contributed by atoms with Crippen LogP contribution in [0.25, 0.3) is 0 Å². The van der Waals surface area contributed by atoms with E-state index in [4.69, 9.17) is 23.2 Å². The van der Waals surface area contributed by atoms with Gasteiger partial charge in [0.1, 0.15) is 0 Å². The number of benzene rings is 1. The van der Waals surface area contributed by atoms with E-state index in [0.29, 0.717) is 22.5 Å². The minimum Gasteiger partial charge on any atom is -0.340 e. The average Bonchev–Trinajstić information content (AvgIpc) is 2.34. The van der Waals surface area contributed by atoms with Crippen LogP contribution in [-0.2, 0) is 11.2 Å². The molecule has 1 unspecified atom stereocenters. The number of piperazine rings is 1. The van der Waals surface area contributed by atoms with Crippen molar-refractivity contribution in [1.29, 1.82) is 0 Å². The lowest BCUT2D eigenvalue weighted by Crippen LogP contribution is -2.51. The molecule has 1 N–H and O–H groups in total. The van der Waals surface area contributed by atoms with Crippen LogP contribution in [0.1, 0.15) is 12.5 Å². The Morgan fingerprint density at radius 3 is 2.89 bits per heavy atom. The van der Waals surface area contributed by atoms with Crippen LogP contribution in [0.5, 0.6) is 0 Å². The molecular formula is C13H16Cl2N2O. The van der Waals surface area contributed by atoms with Crippen molar-refractivity contribution in [2.24, 2.45) is 0 Å². The van der Waals surface area contributed by atoms with Gasteiger partial charge in [-0.05, 0) is 24.6 Å². The number of hydrogen-bond donors (Lipinski definition) is 1. The van der Waals surface area contributed by atoms with Crippen LogP contribution in [0.4, 0.5) is 0 Å². The fourth-order valence-electron chi connectivity index (χ4n) is 2.09. The second-order valence-corrected chi connectivity index (χ2v) is 5.43. The van der Waals surface area contributed by atoms with Gasteiger partial charge in [0.05, 0.1) is 16.5 Å². The normalized spacial score (nSPS) is 19.9. The van der Waals surface area contributed by atoms with E-state index >= 15 is 0 Å². The van der Waals surface area contributed by atoms with Crippen molar-refractivity contribution >= 4 is 29.1 Å². The first-order valence-corrected chi connectivity index (χ1v) is 6.77. The number of nitrogens with one attached hydrogen (secondary N) is 1. The number of nitrogens with zero attached hydrogens (tertiary/aromatic N) is 1. The minimum absolute atomic E-state index is 0.140. The molecule has 5 heteroatoms. The molecule has 1 heterocycles. The van der Waals surface area contributed by atoms with Gasteiger partial charge < -0.3 is 10.2 Å². The molecule has 0 aromatic heterocycles. The number of halogens is 2. The third kappa shape index (κ3) is 3.37. The number of rotatable bonds is 2. The summed E-state index contributed by atoms with van der Waals surface area (Å²) in [5, 5.41) is 4.33. The summed E-state index contributed by atoms with van der Waals surface area (Å²) in [4.78, 5) is 14.0. The van der Waals surface area contributed by atoms with E-state index in [0.717, 1.165) is 25.2 Å². The summed E-state index contributed by atoms with van der Waals surface area (Å²) >= 11 is 11.8. The fraction of sp³-hybridized carbons (Fsp3) is 0.462.